The summed E-state index contributed by atoms with van der Waals surface area (Å²) in [5, 5.41) is 7.87. The fraction of sp³-hybridized carbons (Fsp3) is 0.174. The number of fused-ring (bicyclic) bond motifs is 2. The van der Waals surface area contributed by atoms with E-state index in [0.717, 1.165) is 27.9 Å². The van der Waals surface area contributed by atoms with E-state index in [0.29, 0.717) is 10.7 Å². The number of hydrazine groups is 1. The van der Waals surface area contributed by atoms with Crippen molar-refractivity contribution in [3.8, 4) is 11.1 Å². The number of hydrogen-bond acceptors (Lipinski definition) is 6. The zero-order valence-corrected chi connectivity index (χ0v) is 18.3. The first-order valence-electron chi connectivity index (χ1n) is 10.3. The highest BCUT2D eigenvalue weighted by Gasteiger charge is 2.29. The van der Waals surface area contributed by atoms with Gasteiger partial charge in [0.2, 0.25) is 0 Å². The molecule has 0 fully saturated rings. The Morgan fingerprint density at radius 2 is 2.06 bits per heavy atom. The Labute approximate surface area is 189 Å². The van der Waals surface area contributed by atoms with E-state index < -0.39 is 0 Å². The summed E-state index contributed by atoms with van der Waals surface area (Å²) in [6, 6.07) is 13.4. The smallest absolute Gasteiger partial charge is 0.259 e. The number of nitrogens with two attached hydrogens (primary N) is 1. The number of aromatic nitrogens is 3. The van der Waals surface area contributed by atoms with Gasteiger partial charge in [0.1, 0.15) is 5.56 Å². The molecule has 2 aromatic heterocycles. The Bertz CT molecular complexity index is 1340. The van der Waals surface area contributed by atoms with Gasteiger partial charge in [0, 0.05) is 28.5 Å². The van der Waals surface area contributed by atoms with Crippen LogP contribution in [0.5, 0.6) is 0 Å². The number of nitrogens with one attached hydrogen (secondary N) is 3. The second-order valence-electron chi connectivity index (χ2n) is 7.81. The number of rotatable bonds is 4. The van der Waals surface area contributed by atoms with Gasteiger partial charge in [0.05, 0.1) is 17.8 Å². The highest BCUT2D eigenvalue weighted by atomic mass is 35.5. The first-order chi connectivity index (χ1) is 15.5. The van der Waals surface area contributed by atoms with Crippen molar-refractivity contribution in [3.63, 3.8) is 0 Å². The van der Waals surface area contributed by atoms with E-state index in [2.05, 4.69) is 26.3 Å². The molecule has 2 atom stereocenters. The van der Waals surface area contributed by atoms with Crippen molar-refractivity contribution in [2.24, 2.45) is 0 Å². The zero-order valence-electron chi connectivity index (χ0n) is 17.6. The topological polar surface area (TPSA) is 109 Å². The van der Waals surface area contributed by atoms with Crippen LogP contribution in [0.3, 0.4) is 0 Å². The average molecular weight is 448 g/mol. The molecule has 1 aliphatic heterocycles. The number of carbonyl (C=O) groups is 1. The minimum absolute atomic E-state index is 0.0589. The molecule has 8 nitrogen and oxygen atoms in total. The lowest BCUT2D eigenvalue weighted by atomic mass is 9.90. The van der Waals surface area contributed by atoms with E-state index >= 15 is 0 Å². The third kappa shape index (κ3) is 3.24. The van der Waals surface area contributed by atoms with Crippen molar-refractivity contribution in [2.75, 3.05) is 11.2 Å². The Hall–Kier alpha value is -3.62. The summed E-state index contributed by atoms with van der Waals surface area (Å²) in [6.45, 7) is 3.97. The van der Waals surface area contributed by atoms with Gasteiger partial charge in [-0.2, -0.15) is 0 Å². The van der Waals surface area contributed by atoms with E-state index in [-0.39, 0.29) is 29.4 Å². The number of nitrogens with zero attached hydrogens (tertiary/aromatic N) is 3. The highest BCUT2D eigenvalue weighted by molar-refractivity contribution is 6.32. The quantitative estimate of drug-likeness (QED) is 0.374. The molecule has 0 bridgehead atoms. The molecule has 0 spiro atoms. The highest BCUT2D eigenvalue weighted by Crippen LogP contribution is 2.45. The molecule has 0 saturated carbocycles. The first kappa shape index (κ1) is 20.3. The summed E-state index contributed by atoms with van der Waals surface area (Å²) in [4.78, 5) is 17.5. The number of halogens is 1. The molecule has 0 saturated heterocycles. The first-order valence-corrected chi connectivity index (χ1v) is 10.7. The largest absolute Gasteiger partial charge is 0.381 e. The van der Waals surface area contributed by atoms with Crippen molar-refractivity contribution in [1.29, 1.82) is 0 Å². The van der Waals surface area contributed by atoms with Gasteiger partial charge in [-0.15, -0.1) is 5.10 Å². The maximum Gasteiger partial charge on any atom is 0.259 e. The SMILES string of the molecule is CC(NC(=O)c1c(N)nn2cccnc12)c1cc(Cl)c2c(c1-c1ccccc1)NNC2C. The lowest BCUT2D eigenvalue weighted by Gasteiger charge is -2.22. The summed E-state index contributed by atoms with van der Waals surface area (Å²) in [5.41, 5.74) is 18.0. The Kier molecular flexibility index (Phi) is 4.96. The number of carbonyl (C=O) groups excluding carboxylic acids is 1. The van der Waals surface area contributed by atoms with Crippen LogP contribution in [-0.2, 0) is 0 Å². The van der Waals surface area contributed by atoms with Crippen molar-refractivity contribution in [2.45, 2.75) is 25.9 Å². The van der Waals surface area contributed by atoms with Crippen LogP contribution in [0.15, 0.2) is 54.9 Å². The average Bonchev–Trinajstić information content (AvgIpc) is 3.33. The van der Waals surface area contributed by atoms with E-state index in [9.17, 15) is 4.79 Å². The van der Waals surface area contributed by atoms with Crippen molar-refractivity contribution in [1.82, 2.24) is 25.3 Å². The summed E-state index contributed by atoms with van der Waals surface area (Å²) < 4.78 is 1.49. The van der Waals surface area contributed by atoms with Crippen molar-refractivity contribution >= 4 is 34.7 Å². The van der Waals surface area contributed by atoms with Gasteiger partial charge in [0.15, 0.2) is 11.5 Å². The van der Waals surface area contributed by atoms with Crippen LogP contribution < -0.4 is 21.9 Å². The van der Waals surface area contributed by atoms with Gasteiger partial charge in [-0.3, -0.25) is 4.79 Å². The number of nitrogen functional groups attached to an aromatic ring is 1. The second-order valence-corrected chi connectivity index (χ2v) is 8.22. The van der Waals surface area contributed by atoms with Gasteiger partial charge >= 0.3 is 0 Å². The molecule has 9 heteroatoms. The number of amides is 1. The molecule has 4 aromatic rings. The molecule has 3 heterocycles. The molecule has 5 rings (SSSR count). The van der Waals surface area contributed by atoms with E-state index in [1.54, 1.807) is 18.5 Å². The molecule has 1 amide bonds. The maximum absolute atomic E-state index is 13.2. The predicted molar refractivity (Wildman–Crippen MR) is 125 cm³/mol. The minimum atomic E-state index is -0.365. The predicted octanol–water partition coefficient (Wildman–Crippen LogP) is 4.11. The molecular formula is C23H22ClN7O. The minimum Gasteiger partial charge on any atom is -0.381 e. The van der Waals surface area contributed by atoms with E-state index in [1.165, 1.54) is 4.52 Å². The Morgan fingerprint density at radius 3 is 2.84 bits per heavy atom. The van der Waals surface area contributed by atoms with Gasteiger partial charge in [-0.1, -0.05) is 41.9 Å². The summed E-state index contributed by atoms with van der Waals surface area (Å²) in [7, 11) is 0. The molecule has 162 valence electrons. The van der Waals surface area contributed by atoms with Crippen LogP contribution in [0.2, 0.25) is 5.02 Å². The lowest BCUT2D eigenvalue weighted by Crippen LogP contribution is -2.28. The monoisotopic (exact) mass is 447 g/mol. The van der Waals surface area contributed by atoms with Crippen molar-refractivity contribution < 1.29 is 4.79 Å². The summed E-state index contributed by atoms with van der Waals surface area (Å²) >= 11 is 6.68. The van der Waals surface area contributed by atoms with Gasteiger partial charge in [-0.05, 0) is 37.1 Å². The molecular weight excluding hydrogens is 426 g/mol. The second kappa shape index (κ2) is 7.81. The number of anilines is 2. The molecule has 5 N–H and O–H groups in total. The lowest BCUT2D eigenvalue weighted by molar-refractivity contribution is 0.0942. The summed E-state index contributed by atoms with van der Waals surface area (Å²) in [5.74, 6) is -0.220. The van der Waals surface area contributed by atoms with Crippen LogP contribution in [0.4, 0.5) is 11.5 Å². The van der Waals surface area contributed by atoms with Gasteiger partial charge < -0.3 is 16.5 Å². The maximum atomic E-state index is 13.2. The van der Waals surface area contributed by atoms with E-state index in [1.807, 2.05) is 50.2 Å². The van der Waals surface area contributed by atoms with Crippen LogP contribution in [0, 0.1) is 0 Å². The summed E-state index contributed by atoms with van der Waals surface area (Å²) in [6.07, 6.45) is 3.30. The van der Waals surface area contributed by atoms with Gasteiger partial charge in [-0.25, -0.2) is 14.9 Å². The number of benzene rings is 2. The van der Waals surface area contributed by atoms with Crippen LogP contribution in [0.1, 0.15) is 47.4 Å². The standard InChI is InChI=1S/C23H22ClN7O/c1-12(27-23(32)19-21(25)30-31-10-6-9-26-22(19)31)15-11-16(24)17-13(2)28-29-20(17)18(15)14-7-4-3-5-8-14/h3-13,28-29H,1-2H3,(H2,25,30)(H,27,32). The molecule has 0 radical (unpaired) electrons. The molecule has 0 aliphatic carbocycles. The third-order valence-electron chi connectivity index (χ3n) is 5.72. The molecule has 2 unspecified atom stereocenters. The van der Waals surface area contributed by atoms with Crippen LogP contribution >= 0.6 is 11.6 Å². The zero-order chi connectivity index (χ0) is 22.4. The molecule has 2 aromatic carbocycles. The fourth-order valence-corrected chi connectivity index (χ4v) is 4.59. The fourth-order valence-electron chi connectivity index (χ4n) is 4.22. The van der Waals surface area contributed by atoms with E-state index in [4.69, 9.17) is 17.3 Å². The Morgan fingerprint density at radius 1 is 1.28 bits per heavy atom. The Balaban J connectivity index is 1.58. The van der Waals surface area contributed by atoms with Crippen LogP contribution in [0.25, 0.3) is 16.8 Å². The normalized spacial score (nSPS) is 15.9. The third-order valence-corrected chi connectivity index (χ3v) is 6.03. The van der Waals surface area contributed by atoms with Crippen LogP contribution in [-0.4, -0.2) is 20.5 Å². The van der Waals surface area contributed by atoms with Gasteiger partial charge in [0.25, 0.3) is 5.91 Å². The van der Waals surface area contributed by atoms with Crippen molar-refractivity contribution in [3.05, 3.63) is 76.6 Å². The number of hydrogen-bond donors (Lipinski definition) is 4. The molecule has 32 heavy (non-hydrogen) atoms. The molecule has 1 aliphatic rings.